The third kappa shape index (κ3) is 3.78. The Kier molecular flexibility index (Phi) is 3.79. The number of carbonyl (C=O) groups is 1. The van der Waals surface area contributed by atoms with Crippen LogP contribution >= 0.6 is 0 Å². The smallest absolute Gasteiger partial charge is 0.404 e. The maximum atomic E-state index is 9.96. The van der Waals surface area contributed by atoms with E-state index in [0.29, 0.717) is 6.54 Å². The molecule has 0 bridgehead atoms. The number of hydrogen-bond acceptors (Lipinski definition) is 2. The fraction of sp³-hybridized carbons (Fsp3) is 0.800. The zero-order valence-corrected chi connectivity index (χ0v) is 5.42. The highest BCUT2D eigenvalue weighted by molar-refractivity contribution is 5.64. The van der Waals surface area contributed by atoms with Gasteiger partial charge < -0.3 is 16.2 Å². The maximum Gasteiger partial charge on any atom is 0.404 e. The van der Waals surface area contributed by atoms with E-state index in [4.69, 9.17) is 10.8 Å². The number of hydrogen-bond donors (Lipinski definition) is 3. The monoisotopic (exact) mass is 132 g/mol. The zero-order valence-electron chi connectivity index (χ0n) is 5.42. The van der Waals surface area contributed by atoms with Crippen LogP contribution in [0.2, 0.25) is 0 Å². The van der Waals surface area contributed by atoms with Crippen LogP contribution in [0, 0.1) is 0 Å². The van der Waals surface area contributed by atoms with Crippen molar-refractivity contribution >= 4 is 6.09 Å². The Morgan fingerprint density at radius 2 is 2.44 bits per heavy atom. The minimum atomic E-state index is -1.01. The van der Waals surface area contributed by atoms with Gasteiger partial charge in [-0.05, 0) is 6.42 Å². The van der Waals surface area contributed by atoms with Crippen LogP contribution in [0.4, 0.5) is 4.79 Å². The van der Waals surface area contributed by atoms with Gasteiger partial charge in [-0.15, -0.1) is 0 Å². The molecule has 0 aliphatic heterocycles. The van der Waals surface area contributed by atoms with Crippen LogP contribution < -0.4 is 11.1 Å². The zero-order chi connectivity index (χ0) is 7.28. The molecule has 1 atom stereocenters. The average Bonchev–Trinajstić information content (AvgIpc) is 1.82. The van der Waals surface area contributed by atoms with Gasteiger partial charge in [0.25, 0.3) is 0 Å². The van der Waals surface area contributed by atoms with Gasteiger partial charge in [-0.3, -0.25) is 0 Å². The average molecular weight is 132 g/mol. The molecule has 4 heteroatoms. The van der Waals surface area contributed by atoms with Crippen molar-refractivity contribution in [2.45, 2.75) is 19.4 Å². The fourth-order valence-electron chi connectivity index (χ4n) is 0.502. The summed E-state index contributed by atoms with van der Waals surface area (Å²) in [6.45, 7) is 2.25. The molecule has 0 fully saturated rings. The second kappa shape index (κ2) is 4.14. The second-order valence-electron chi connectivity index (χ2n) is 1.79. The van der Waals surface area contributed by atoms with Crippen molar-refractivity contribution in [2.75, 3.05) is 6.54 Å². The number of nitrogens with one attached hydrogen (secondary N) is 1. The first kappa shape index (κ1) is 8.23. The summed E-state index contributed by atoms with van der Waals surface area (Å²) in [5, 5.41) is 10.5. The molecule has 54 valence electrons. The lowest BCUT2D eigenvalue weighted by atomic mass is 10.2. The van der Waals surface area contributed by atoms with Gasteiger partial charge in [0.15, 0.2) is 0 Å². The highest BCUT2D eigenvalue weighted by atomic mass is 16.4. The maximum absolute atomic E-state index is 9.96. The normalized spacial score (nSPS) is 12.7. The van der Waals surface area contributed by atoms with E-state index in [2.05, 4.69) is 5.32 Å². The molecule has 4 N–H and O–H groups in total. The van der Waals surface area contributed by atoms with Gasteiger partial charge in [0, 0.05) is 12.6 Å². The number of rotatable bonds is 3. The van der Waals surface area contributed by atoms with Crippen molar-refractivity contribution in [3.05, 3.63) is 0 Å². The van der Waals surface area contributed by atoms with Crippen molar-refractivity contribution in [1.29, 1.82) is 0 Å². The summed E-state index contributed by atoms with van der Waals surface area (Å²) in [6.07, 6.45) is -0.268. The molecule has 0 saturated heterocycles. The third-order valence-electron chi connectivity index (χ3n) is 1.10. The van der Waals surface area contributed by atoms with Crippen LogP contribution in [0.3, 0.4) is 0 Å². The molecular weight excluding hydrogens is 120 g/mol. The summed E-state index contributed by atoms with van der Waals surface area (Å²) in [5.41, 5.74) is 5.21. The molecule has 0 aromatic carbocycles. The van der Waals surface area contributed by atoms with E-state index in [0.717, 1.165) is 6.42 Å². The van der Waals surface area contributed by atoms with Crippen LogP contribution in [0.5, 0.6) is 0 Å². The van der Waals surface area contributed by atoms with E-state index < -0.39 is 6.09 Å². The number of amides is 1. The van der Waals surface area contributed by atoms with E-state index in [1.54, 1.807) is 0 Å². The first-order valence-corrected chi connectivity index (χ1v) is 2.90. The molecule has 0 radical (unpaired) electrons. The SMILES string of the molecule is CC[C@H](CN)NC(=O)O. The van der Waals surface area contributed by atoms with Crippen molar-refractivity contribution in [1.82, 2.24) is 5.32 Å². The molecule has 0 saturated carbocycles. The Morgan fingerprint density at radius 1 is 1.89 bits per heavy atom. The van der Waals surface area contributed by atoms with Gasteiger partial charge in [-0.1, -0.05) is 6.92 Å². The Balaban J connectivity index is 3.43. The standard InChI is InChI=1S/C5H12N2O2/c1-2-4(3-6)7-5(8)9/h4,7H,2-3,6H2,1H3,(H,8,9)/t4-/m1/s1. The quantitative estimate of drug-likeness (QED) is 0.505. The Morgan fingerprint density at radius 3 is 2.56 bits per heavy atom. The van der Waals surface area contributed by atoms with Gasteiger partial charge in [0.1, 0.15) is 0 Å². The second-order valence-corrected chi connectivity index (χ2v) is 1.79. The minimum absolute atomic E-state index is 0.0949. The number of nitrogens with two attached hydrogens (primary N) is 1. The first-order valence-electron chi connectivity index (χ1n) is 2.90. The van der Waals surface area contributed by atoms with Crippen molar-refractivity contribution in [3.63, 3.8) is 0 Å². The molecule has 0 aliphatic carbocycles. The van der Waals surface area contributed by atoms with Crippen LogP contribution in [0.25, 0.3) is 0 Å². The molecule has 0 spiro atoms. The minimum Gasteiger partial charge on any atom is -0.465 e. The lowest BCUT2D eigenvalue weighted by Crippen LogP contribution is -2.38. The van der Waals surface area contributed by atoms with Crippen molar-refractivity contribution in [2.24, 2.45) is 5.73 Å². The van der Waals surface area contributed by atoms with Gasteiger partial charge in [0.2, 0.25) is 0 Å². The van der Waals surface area contributed by atoms with Crippen molar-refractivity contribution < 1.29 is 9.90 Å². The molecule has 0 heterocycles. The van der Waals surface area contributed by atoms with Crippen LogP contribution in [0.1, 0.15) is 13.3 Å². The molecule has 0 rings (SSSR count). The molecule has 0 aromatic heterocycles. The Hall–Kier alpha value is -0.770. The highest BCUT2D eigenvalue weighted by Gasteiger charge is 2.04. The largest absolute Gasteiger partial charge is 0.465 e. The topological polar surface area (TPSA) is 75.3 Å². The lowest BCUT2D eigenvalue weighted by Gasteiger charge is -2.10. The third-order valence-corrected chi connectivity index (χ3v) is 1.10. The van der Waals surface area contributed by atoms with Crippen LogP contribution in [-0.2, 0) is 0 Å². The van der Waals surface area contributed by atoms with E-state index in [-0.39, 0.29) is 6.04 Å². The molecule has 0 aliphatic rings. The summed E-state index contributed by atoms with van der Waals surface area (Å²) in [5.74, 6) is 0. The van der Waals surface area contributed by atoms with E-state index in [9.17, 15) is 4.79 Å². The summed E-state index contributed by atoms with van der Waals surface area (Å²) >= 11 is 0. The summed E-state index contributed by atoms with van der Waals surface area (Å²) in [4.78, 5) is 9.96. The van der Waals surface area contributed by atoms with E-state index in [1.807, 2.05) is 6.92 Å². The van der Waals surface area contributed by atoms with Gasteiger partial charge in [0.05, 0.1) is 0 Å². The highest BCUT2D eigenvalue weighted by Crippen LogP contribution is 1.85. The predicted octanol–water partition coefficient (Wildman–Crippen LogP) is -0.00870. The Bertz CT molecular complexity index is 91.0. The number of carboxylic acid groups (broad SMARTS) is 1. The predicted molar refractivity (Wildman–Crippen MR) is 34.3 cm³/mol. The summed E-state index contributed by atoms with van der Waals surface area (Å²) < 4.78 is 0. The van der Waals surface area contributed by atoms with Gasteiger partial charge in [-0.25, -0.2) is 4.79 Å². The first-order chi connectivity index (χ1) is 4.20. The van der Waals surface area contributed by atoms with Gasteiger partial charge in [-0.2, -0.15) is 0 Å². The molecule has 9 heavy (non-hydrogen) atoms. The van der Waals surface area contributed by atoms with Crippen LogP contribution in [0.15, 0.2) is 0 Å². The van der Waals surface area contributed by atoms with Gasteiger partial charge >= 0.3 is 6.09 Å². The van der Waals surface area contributed by atoms with E-state index >= 15 is 0 Å². The summed E-state index contributed by atoms with van der Waals surface area (Å²) in [6, 6.07) is -0.0949. The van der Waals surface area contributed by atoms with E-state index in [1.165, 1.54) is 0 Å². The van der Waals surface area contributed by atoms with Crippen molar-refractivity contribution in [3.8, 4) is 0 Å². The molecule has 4 nitrogen and oxygen atoms in total. The summed E-state index contributed by atoms with van der Waals surface area (Å²) in [7, 11) is 0. The molecule has 1 amide bonds. The van der Waals surface area contributed by atoms with Crippen LogP contribution in [-0.4, -0.2) is 23.8 Å². The lowest BCUT2D eigenvalue weighted by molar-refractivity contribution is 0.190. The Labute approximate surface area is 54.0 Å². The molecule has 0 unspecified atom stereocenters. The fourth-order valence-corrected chi connectivity index (χ4v) is 0.502. The molecule has 0 aromatic rings. The molecular formula is C5H12N2O2.